The Morgan fingerprint density at radius 1 is 1.60 bits per heavy atom. The SMILES string of the molecule is CN1CCC2=C(C=N[N]2)C1. The van der Waals surface area contributed by atoms with Crippen LogP contribution in [0.25, 0.3) is 0 Å². The largest absolute Gasteiger partial charge is 0.302 e. The lowest BCUT2D eigenvalue weighted by molar-refractivity contribution is 0.350. The minimum absolute atomic E-state index is 1.02. The van der Waals surface area contributed by atoms with Crippen LogP contribution in [0.1, 0.15) is 6.42 Å². The van der Waals surface area contributed by atoms with Gasteiger partial charge in [-0.2, -0.15) is 10.5 Å². The van der Waals surface area contributed by atoms with Gasteiger partial charge in [0.2, 0.25) is 0 Å². The van der Waals surface area contributed by atoms with Crippen LogP contribution in [0.5, 0.6) is 0 Å². The molecule has 3 nitrogen and oxygen atoms in total. The maximum Gasteiger partial charge on any atom is 0.0704 e. The van der Waals surface area contributed by atoms with Gasteiger partial charge in [0.1, 0.15) is 0 Å². The highest BCUT2D eigenvalue weighted by atomic mass is 15.3. The van der Waals surface area contributed by atoms with E-state index in [0.717, 1.165) is 19.5 Å². The minimum Gasteiger partial charge on any atom is -0.302 e. The van der Waals surface area contributed by atoms with E-state index in [1.807, 2.05) is 6.21 Å². The molecule has 3 heteroatoms. The monoisotopic (exact) mass is 136 g/mol. The van der Waals surface area contributed by atoms with Crippen molar-refractivity contribution < 1.29 is 0 Å². The molecule has 0 unspecified atom stereocenters. The van der Waals surface area contributed by atoms with E-state index < -0.39 is 0 Å². The van der Waals surface area contributed by atoms with Crippen molar-refractivity contribution in [1.82, 2.24) is 10.3 Å². The summed E-state index contributed by atoms with van der Waals surface area (Å²) in [6.45, 7) is 2.13. The van der Waals surface area contributed by atoms with Gasteiger partial charge in [0, 0.05) is 25.1 Å². The normalized spacial score (nSPS) is 24.9. The molecule has 2 aliphatic rings. The van der Waals surface area contributed by atoms with Crippen molar-refractivity contribution in [2.45, 2.75) is 6.42 Å². The van der Waals surface area contributed by atoms with Gasteiger partial charge in [-0.15, -0.1) is 0 Å². The summed E-state index contributed by atoms with van der Waals surface area (Å²) < 4.78 is 0. The third kappa shape index (κ3) is 0.827. The van der Waals surface area contributed by atoms with Crippen LogP contribution in [0.15, 0.2) is 16.4 Å². The Morgan fingerprint density at radius 2 is 2.50 bits per heavy atom. The Balaban J connectivity index is 2.19. The van der Waals surface area contributed by atoms with Gasteiger partial charge >= 0.3 is 0 Å². The molecule has 0 spiro atoms. The second-order valence-corrected chi connectivity index (χ2v) is 2.80. The summed E-state index contributed by atoms with van der Waals surface area (Å²) in [4.78, 5) is 2.28. The van der Waals surface area contributed by atoms with Crippen LogP contribution < -0.4 is 5.43 Å². The number of nitrogens with zero attached hydrogens (tertiary/aromatic N) is 3. The van der Waals surface area contributed by atoms with E-state index in [1.165, 1.54) is 11.3 Å². The van der Waals surface area contributed by atoms with Crippen LogP contribution in [0.3, 0.4) is 0 Å². The molecule has 0 fully saturated rings. The first-order valence-corrected chi connectivity index (χ1v) is 3.51. The van der Waals surface area contributed by atoms with Crippen molar-refractivity contribution in [3.8, 4) is 0 Å². The summed E-state index contributed by atoms with van der Waals surface area (Å²) in [5, 5.41) is 3.86. The van der Waals surface area contributed by atoms with Crippen molar-refractivity contribution in [3.63, 3.8) is 0 Å². The van der Waals surface area contributed by atoms with Gasteiger partial charge in [0.25, 0.3) is 0 Å². The fourth-order valence-corrected chi connectivity index (χ4v) is 1.32. The number of hydrogen-bond acceptors (Lipinski definition) is 2. The molecule has 10 heavy (non-hydrogen) atoms. The average molecular weight is 136 g/mol. The minimum atomic E-state index is 1.02. The molecule has 0 aliphatic carbocycles. The van der Waals surface area contributed by atoms with Crippen molar-refractivity contribution in [1.29, 1.82) is 0 Å². The zero-order chi connectivity index (χ0) is 6.97. The molecule has 0 aromatic rings. The van der Waals surface area contributed by atoms with Gasteiger partial charge in [-0.1, -0.05) is 0 Å². The van der Waals surface area contributed by atoms with Crippen molar-refractivity contribution in [2.24, 2.45) is 5.10 Å². The molecule has 0 saturated heterocycles. The first kappa shape index (κ1) is 5.92. The first-order valence-electron chi connectivity index (χ1n) is 3.51. The van der Waals surface area contributed by atoms with Crippen molar-refractivity contribution in [2.75, 3.05) is 20.1 Å². The summed E-state index contributed by atoms with van der Waals surface area (Å²) in [5.74, 6) is 0. The van der Waals surface area contributed by atoms with E-state index in [4.69, 9.17) is 0 Å². The third-order valence-electron chi connectivity index (χ3n) is 1.93. The predicted molar refractivity (Wildman–Crippen MR) is 39.8 cm³/mol. The smallest absolute Gasteiger partial charge is 0.0704 e. The number of hydrogen-bond donors (Lipinski definition) is 0. The molecule has 2 rings (SSSR count). The Hall–Kier alpha value is -0.830. The van der Waals surface area contributed by atoms with Crippen LogP contribution in [-0.4, -0.2) is 31.3 Å². The highest BCUT2D eigenvalue weighted by molar-refractivity contribution is 5.82. The Morgan fingerprint density at radius 3 is 3.40 bits per heavy atom. The summed E-state index contributed by atoms with van der Waals surface area (Å²) in [7, 11) is 2.12. The molecule has 0 N–H and O–H groups in total. The topological polar surface area (TPSA) is 29.7 Å². The lowest BCUT2D eigenvalue weighted by Gasteiger charge is -2.21. The maximum absolute atomic E-state index is 4.01. The summed E-state index contributed by atoms with van der Waals surface area (Å²) in [6, 6.07) is 0. The highest BCUT2D eigenvalue weighted by Gasteiger charge is 2.18. The lowest BCUT2D eigenvalue weighted by Crippen LogP contribution is -2.28. The number of likely N-dealkylation sites (N-methyl/N-ethyl adjacent to an activating group) is 1. The van der Waals surface area contributed by atoms with Crippen molar-refractivity contribution in [3.05, 3.63) is 11.3 Å². The van der Waals surface area contributed by atoms with Crippen molar-refractivity contribution >= 4 is 6.21 Å². The van der Waals surface area contributed by atoms with Gasteiger partial charge in [-0.05, 0) is 7.05 Å². The summed E-state index contributed by atoms with van der Waals surface area (Å²) in [5.41, 5.74) is 6.51. The molecule has 2 aliphatic heterocycles. The van der Waals surface area contributed by atoms with Crippen LogP contribution in [0.2, 0.25) is 0 Å². The Bertz CT molecular complexity index is 205. The Kier molecular flexibility index (Phi) is 1.24. The molecule has 0 bridgehead atoms. The van der Waals surface area contributed by atoms with Crippen LogP contribution >= 0.6 is 0 Å². The van der Waals surface area contributed by atoms with Crippen LogP contribution in [0, 0.1) is 0 Å². The van der Waals surface area contributed by atoms with E-state index in [2.05, 4.69) is 22.5 Å². The van der Waals surface area contributed by atoms with Gasteiger partial charge < -0.3 is 4.90 Å². The van der Waals surface area contributed by atoms with E-state index in [9.17, 15) is 0 Å². The summed E-state index contributed by atoms with van der Waals surface area (Å²) in [6.07, 6.45) is 2.93. The fraction of sp³-hybridized carbons (Fsp3) is 0.571. The molecule has 1 radical (unpaired) electrons. The standard InChI is InChI=1S/C7H10N3/c1-10-3-2-7-6(5-10)4-8-9-7/h4H,2-3,5H2,1H3. The zero-order valence-electron chi connectivity index (χ0n) is 6.04. The summed E-state index contributed by atoms with van der Waals surface area (Å²) >= 11 is 0. The molecular weight excluding hydrogens is 126 g/mol. The first-order chi connectivity index (χ1) is 4.86. The third-order valence-corrected chi connectivity index (χ3v) is 1.93. The van der Waals surface area contributed by atoms with Crippen LogP contribution in [0.4, 0.5) is 0 Å². The van der Waals surface area contributed by atoms with Crippen LogP contribution in [-0.2, 0) is 0 Å². The number of rotatable bonds is 0. The zero-order valence-corrected chi connectivity index (χ0v) is 6.04. The fourth-order valence-electron chi connectivity index (χ4n) is 1.32. The Labute approximate surface area is 60.4 Å². The van der Waals surface area contributed by atoms with E-state index in [-0.39, 0.29) is 0 Å². The molecule has 0 amide bonds. The molecule has 2 heterocycles. The molecule has 53 valence electrons. The highest BCUT2D eigenvalue weighted by Crippen LogP contribution is 2.17. The van der Waals surface area contributed by atoms with Gasteiger partial charge in [0.15, 0.2) is 0 Å². The van der Waals surface area contributed by atoms with E-state index >= 15 is 0 Å². The van der Waals surface area contributed by atoms with Gasteiger partial charge in [0.05, 0.1) is 11.9 Å². The molecule has 0 aromatic heterocycles. The molecule has 0 aromatic carbocycles. The van der Waals surface area contributed by atoms with E-state index in [0.29, 0.717) is 0 Å². The molecule has 0 saturated carbocycles. The second kappa shape index (κ2) is 2.09. The predicted octanol–water partition coefficient (Wildman–Crippen LogP) is 0.180. The van der Waals surface area contributed by atoms with Gasteiger partial charge in [-0.25, -0.2) is 0 Å². The lowest BCUT2D eigenvalue weighted by atomic mass is 10.1. The maximum atomic E-state index is 4.01. The quantitative estimate of drug-likeness (QED) is 0.467. The van der Waals surface area contributed by atoms with E-state index in [1.54, 1.807) is 0 Å². The molecular formula is C7H10N3. The molecule has 0 atom stereocenters. The average Bonchev–Trinajstić information content (AvgIpc) is 2.33. The second-order valence-electron chi connectivity index (χ2n) is 2.80. The van der Waals surface area contributed by atoms with Gasteiger partial charge in [-0.3, -0.25) is 0 Å².